The lowest BCUT2D eigenvalue weighted by Crippen LogP contribution is -2.36. The molecule has 1 aliphatic carbocycles. The summed E-state index contributed by atoms with van der Waals surface area (Å²) in [7, 11) is 0. The van der Waals surface area contributed by atoms with Gasteiger partial charge in [0.1, 0.15) is 5.41 Å². The summed E-state index contributed by atoms with van der Waals surface area (Å²) in [5.74, 6) is -0.139. The van der Waals surface area contributed by atoms with Gasteiger partial charge in [-0.25, -0.2) is 0 Å². The molecule has 2 rings (SSSR count). The zero-order valence-corrected chi connectivity index (χ0v) is 11.6. The zero-order valence-electron chi connectivity index (χ0n) is 11.6. The van der Waals surface area contributed by atoms with Gasteiger partial charge in [0.05, 0.1) is 6.07 Å². The number of nitrogens with zero attached hydrogens (tertiary/aromatic N) is 1. The number of aryl methyl sites for hydroxylation is 2. The predicted octanol–water partition coefficient (Wildman–Crippen LogP) is 3.72. The van der Waals surface area contributed by atoms with Crippen LogP contribution < -0.4 is 5.32 Å². The lowest BCUT2D eigenvalue weighted by molar-refractivity contribution is -0.124. The highest BCUT2D eigenvalue weighted by Crippen LogP contribution is 2.36. The van der Waals surface area contributed by atoms with E-state index >= 15 is 0 Å². The first-order valence-corrected chi connectivity index (χ1v) is 6.87. The van der Waals surface area contributed by atoms with Crippen LogP contribution in [-0.2, 0) is 4.79 Å². The second kappa shape index (κ2) is 5.44. The molecule has 0 bridgehead atoms. The minimum atomic E-state index is -0.824. The van der Waals surface area contributed by atoms with Gasteiger partial charge in [-0.3, -0.25) is 4.79 Å². The fourth-order valence-electron chi connectivity index (χ4n) is 2.84. The van der Waals surface area contributed by atoms with Gasteiger partial charge in [-0.15, -0.1) is 0 Å². The molecular formula is C16H20N2O. The molecule has 1 aromatic carbocycles. The third-order valence-corrected chi connectivity index (χ3v) is 3.84. The number of anilines is 1. The average Bonchev–Trinajstić information content (AvgIpc) is 2.38. The second-order valence-electron chi connectivity index (χ2n) is 5.59. The van der Waals surface area contributed by atoms with Crippen molar-refractivity contribution >= 4 is 11.6 Å². The Balaban J connectivity index is 2.18. The Kier molecular flexibility index (Phi) is 3.90. The summed E-state index contributed by atoms with van der Waals surface area (Å²) in [5, 5.41) is 12.3. The van der Waals surface area contributed by atoms with Gasteiger partial charge in [0.25, 0.3) is 0 Å². The van der Waals surface area contributed by atoms with E-state index in [-0.39, 0.29) is 5.91 Å². The maximum atomic E-state index is 12.4. The first-order chi connectivity index (χ1) is 9.05. The number of carbonyl (C=O) groups excluding carboxylic acids is 1. The van der Waals surface area contributed by atoms with E-state index in [2.05, 4.69) is 17.5 Å². The molecule has 0 radical (unpaired) electrons. The Morgan fingerprint density at radius 1 is 1.16 bits per heavy atom. The normalized spacial score (nSPS) is 17.5. The molecule has 0 aliphatic heterocycles. The molecule has 0 unspecified atom stereocenters. The van der Waals surface area contributed by atoms with Gasteiger partial charge in [0.15, 0.2) is 0 Å². The molecule has 3 nitrogen and oxygen atoms in total. The van der Waals surface area contributed by atoms with Crippen LogP contribution in [0.5, 0.6) is 0 Å². The molecule has 0 spiro atoms. The van der Waals surface area contributed by atoms with Crippen LogP contribution in [0.4, 0.5) is 5.69 Å². The molecular weight excluding hydrogens is 236 g/mol. The first-order valence-electron chi connectivity index (χ1n) is 6.87. The van der Waals surface area contributed by atoms with Gasteiger partial charge < -0.3 is 5.32 Å². The van der Waals surface area contributed by atoms with Crippen molar-refractivity contribution in [3.05, 3.63) is 29.3 Å². The van der Waals surface area contributed by atoms with Crippen molar-refractivity contribution in [2.24, 2.45) is 5.41 Å². The van der Waals surface area contributed by atoms with Crippen LogP contribution in [0.3, 0.4) is 0 Å². The van der Waals surface area contributed by atoms with Gasteiger partial charge in [-0.1, -0.05) is 25.3 Å². The number of rotatable bonds is 2. The number of nitriles is 1. The van der Waals surface area contributed by atoms with Crippen LogP contribution in [-0.4, -0.2) is 5.91 Å². The van der Waals surface area contributed by atoms with Gasteiger partial charge >= 0.3 is 0 Å². The predicted molar refractivity (Wildman–Crippen MR) is 75.7 cm³/mol. The molecule has 3 heteroatoms. The fraction of sp³-hybridized carbons (Fsp3) is 0.500. The van der Waals surface area contributed by atoms with Gasteiger partial charge in [-0.05, 0) is 49.9 Å². The van der Waals surface area contributed by atoms with Crippen molar-refractivity contribution in [3.63, 3.8) is 0 Å². The molecule has 1 aromatic rings. The lowest BCUT2D eigenvalue weighted by Gasteiger charge is -2.29. The van der Waals surface area contributed by atoms with Crippen molar-refractivity contribution in [2.45, 2.75) is 46.0 Å². The summed E-state index contributed by atoms with van der Waals surface area (Å²) in [6.07, 6.45) is 4.42. The molecule has 0 saturated heterocycles. The van der Waals surface area contributed by atoms with Crippen LogP contribution in [0, 0.1) is 30.6 Å². The summed E-state index contributed by atoms with van der Waals surface area (Å²) < 4.78 is 0. The Morgan fingerprint density at radius 2 is 1.74 bits per heavy atom. The molecule has 0 heterocycles. The topological polar surface area (TPSA) is 52.9 Å². The highest BCUT2D eigenvalue weighted by Gasteiger charge is 2.39. The molecule has 1 aliphatic rings. The van der Waals surface area contributed by atoms with E-state index in [1.54, 1.807) is 0 Å². The highest BCUT2D eigenvalue weighted by molar-refractivity contribution is 5.97. The maximum absolute atomic E-state index is 12.4. The summed E-state index contributed by atoms with van der Waals surface area (Å²) >= 11 is 0. The number of hydrogen-bond acceptors (Lipinski definition) is 2. The molecule has 1 amide bonds. The van der Waals surface area contributed by atoms with Crippen LogP contribution in [0.25, 0.3) is 0 Å². The summed E-state index contributed by atoms with van der Waals surface area (Å²) in [5.41, 5.74) is 2.20. The summed E-state index contributed by atoms with van der Waals surface area (Å²) in [6, 6.07) is 8.21. The number of nitrogens with one attached hydrogen (secondary N) is 1. The van der Waals surface area contributed by atoms with E-state index in [0.29, 0.717) is 12.8 Å². The number of carbonyl (C=O) groups is 1. The van der Waals surface area contributed by atoms with E-state index in [0.717, 1.165) is 36.1 Å². The first kappa shape index (κ1) is 13.6. The quantitative estimate of drug-likeness (QED) is 0.876. The van der Waals surface area contributed by atoms with E-state index in [1.807, 2.05) is 26.0 Å². The largest absolute Gasteiger partial charge is 0.325 e. The SMILES string of the molecule is Cc1cc(C)cc(NC(=O)C2(C#N)CCCCC2)c1. The third-order valence-electron chi connectivity index (χ3n) is 3.84. The maximum Gasteiger partial charge on any atom is 0.244 e. The smallest absolute Gasteiger partial charge is 0.244 e. The zero-order chi connectivity index (χ0) is 13.9. The van der Waals surface area contributed by atoms with Gasteiger partial charge in [0, 0.05) is 5.69 Å². The number of amides is 1. The Hall–Kier alpha value is -1.82. The van der Waals surface area contributed by atoms with Gasteiger partial charge in [-0.2, -0.15) is 5.26 Å². The average molecular weight is 256 g/mol. The monoisotopic (exact) mass is 256 g/mol. The molecule has 1 saturated carbocycles. The second-order valence-corrected chi connectivity index (χ2v) is 5.59. The molecule has 0 aromatic heterocycles. The minimum absolute atomic E-state index is 0.139. The third kappa shape index (κ3) is 2.96. The van der Waals surface area contributed by atoms with Crippen LogP contribution >= 0.6 is 0 Å². The fourth-order valence-corrected chi connectivity index (χ4v) is 2.84. The van der Waals surface area contributed by atoms with E-state index < -0.39 is 5.41 Å². The Morgan fingerprint density at radius 3 is 2.26 bits per heavy atom. The highest BCUT2D eigenvalue weighted by atomic mass is 16.2. The number of hydrogen-bond donors (Lipinski definition) is 1. The van der Waals surface area contributed by atoms with Crippen molar-refractivity contribution in [1.82, 2.24) is 0 Å². The van der Waals surface area contributed by atoms with E-state index in [4.69, 9.17) is 0 Å². The summed E-state index contributed by atoms with van der Waals surface area (Å²) in [4.78, 5) is 12.4. The van der Waals surface area contributed by atoms with Crippen molar-refractivity contribution in [1.29, 1.82) is 5.26 Å². The van der Waals surface area contributed by atoms with Crippen molar-refractivity contribution in [3.8, 4) is 6.07 Å². The Labute approximate surface area is 114 Å². The molecule has 100 valence electrons. The lowest BCUT2D eigenvalue weighted by atomic mass is 9.74. The molecule has 1 N–H and O–H groups in total. The van der Waals surface area contributed by atoms with Gasteiger partial charge in [0.2, 0.25) is 5.91 Å². The van der Waals surface area contributed by atoms with Crippen molar-refractivity contribution in [2.75, 3.05) is 5.32 Å². The Bertz CT molecular complexity index is 502. The van der Waals surface area contributed by atoms with Crippen LogP contribution in [0.15, 0.2) is 18.2 Å². The van der Waals surface area contributed by atoms with Crippen LogP contribution in [0.2, 0.25) is 0 Å². The minimum Gasteiger partial charge on any atom is -0.325 e. The number of benzene rings is 1. The molecule has 19 heavy (non-hydrogen) atoms. The molecule has 1 fully saturated rings. The van der Waals surface area contributed by atoms with E-state index in [9.17, 15) is 10.1 Å². The van der Waals surface area contributed by atoms with Crippen molar-refractivity contribution < 1.29 is 4.79 Å². The van der Waals surface area contributed by atoms with E-state index in [1.165, 1.54) is 0 Å². The standard InChI is InChI=1S/C16H20N2O/c1-12-8-13(2)10-14(9-12)18-15(19)16(11-17)6-4-3-5-7-16/h8-10H,3-7H2,1-2H3,(H,18,19). The van der Waals surface area contributed by atoms with Crippen LogP contribution in [0.1, 0.15) is 43.2 Å². The molecule has 0 atom stereocenters. The summed E-state index contributed by atoms with van der Waals surface area (Å²) in [6.45, 7) is 4.01.